The van der Waals surface area contributed by atoms with E-state index in [1.165, 1.54) is 22.2 Å². The van der Waals surface area contributed by atoms with Crippen LogP contribution in [0.3, 0.4) is 0 Å². The number of carbonyl (C=O) groups is 2. The van der Waals surface area contributed by atoms with E-state index < -0.39 is 5.97 Å². The van der Waals surface area contributed by atoms with E-state index >= 15 is 0 Å². The van der Waals surface area contributed by atoms with Gasteiger partial charge in [0.25, 0.3) is 5.91 Å². The van der Waals surface area contributed by atoms with Gasteiger partial charge in [0, 0.05) is 13.1 Å². The van der Waals surface area contributed by atoms with E-state index in [9.17, 15) is 9.59 Å². The standard InChI is InChI=1S/C13H14N4O3S/c1-2-8-3-4-21-11(8)12(18)16-5-9(6-16)17-7-10(13(19)20)14-15-17/h3-4,7,9H,2,5-6H2,1H3,(H,19,20). The minimum absolute atomic E-state index is 0.000381. The maximum atomic E-state index is 12.4. The van der Waals surface area contributed by atoms with Crippen LogP contribution in [0.1, 0.15) is 38.7 Å². The van der Waals surface area contributed by atoms with Gasteiger partial charge in [0.1, 0.15) is 0 Å². The van der Waals surface area contributed by atoms with Crippen LogP contribution >= 0.6 is 11.3 Å². The summed E-state index contributed by atoms with van der Waals surface area (Å²) in [4.78, 5) is 25.7. The molecule has 1 N–H and O–H groups in total. The number of amides is 1. The van der Waals surface area contributed by atoms with E-state index in [-0.39, 0.29) is 17.6 Å². The largest absolute Gasteiger partial charge is 0.476 e. The smallest absolute Gasteiger partial charge is 0.358 e. The summed E-state index contributed by atoms with van der Waals surface area (Å²) < 4.78 is 1.52. The molecule has 0 atom stereocenters. The molecule has 0 aliphatic carbocycles. The number of carboxylic acids is 1. The summed E-state index contributed by atoms with van der Waals surface area (Å²) in [7, 11) is 0. The molecule has 3 heterocycles. The molecule has 0 aromatic carbocycles. The van der Waals surface area contributed by atoms with Crippen molar-refractivity contribution in [3.63, 3.8) is 0 Å². The lowest BCUT2D eigenvalue weighted by Crippen LogP contribution is -2.50. The van der Waals surface area contributed by atoms with Crippen molar-refractivity contribution in [3.05, 3.63) is 33.8 Å². The Morgan fingerprint density at radius 2 is 2.24 bits per heavy atom. The molecule has 1 aliphatic rings. The van der Waals surface area contributed by atoms with E-state index in [4.69, 9.17) is 5.11 Å². The minimum atomic E-state index is -1.10. The van der Waals surface area contributed by atoms with Gasteiger partial charge < -0.3 is 10.0 Å². The molecule has 21 heavy (non-hydrogen) atoms. The lowest BCUT2D eigenvalue weighted by atomic mass is 10.1. The Morgan fingerprint density at radius 1 is 1.48 bits per heavy atom. The van der Waals surface area contributed by atoms with E-state index in [0.717, 1.165) is 16.9 Å². The van der Waals surface area contributed by atoms with Gasteiger partial charge >= 0.3 is 5.97 Å². The molecule has 3 rings (SSSR count). The normalized spacial score (nSPS) is 15.0. The second-order valence-corrected chi connectivity index (χ2v) is 5.80. The van der Waals surface area contributed by atoms with Crippen LogP contribution < -0.4 is 0 Å². The molecule has 0 unspecified atom stereocenters. The zero-order valence-corrected chi connectivity index (χ0v) is 12.2. The summed E-state index contributed by atoms with van der Waals surface area (Å²) in [6, 6.07) is 1.98. The van der Waals surface area contributed by atoms with Crippen LogP contribution in [0.5, 0.6) is 0 Å². The van der Waals surface area contributed by atoms with Crippen molar-refractivity contribution in [2.45, 2.75) is 19.4 Å². The first-order valence-electron chi connectivity index (χ1n) is 6.61. The van der Waals surface area contributed by atoms with Crippen molar-refractivity contribution in [1.29, 1.82) is 0 Å². The minimum Gasteiger partial charge on any atom is -0.476 e. The maximum absolute atomic E-state index is 12.4. The number of thiophene rings is 1. The average molecular weight is 306 g/mol. The van der Waals surface area contributed by atoms with Crippen molar-refractivity contribution < 1.29 is 14.7 Å². The van der Waals surface area contributed by atoms with Crippen molar-refractivity contribution in [2.24, 2.45) is 0 Å². The van der Waals surface area contributed by atoms with Crippen LogP contribution in [0.15, 0.2) is 17.6 Å². The van der Waals surface area contributed by atoms with Gasteiger partial charge in [-0.05, 0) is 23.4 Å². The Hall–Kier alpha value is -2.22. The summed E-state index contributed by atoms with van der Waals surface area (Å²) in [5.74, 6) is -1.06. The first kappa shape index (κ1) is 13.7. The SMILES string of the molecule is CCc1ccsc1C(=O)N1CC(n2cc(C(=O)O)nn2)C1. The van der Waals surface area contributed by atoms with Crippen LogP contribution in [0, 0.1) is 0 Å². The Labute approximate surface area is 124 Å². The number of aromatic carboxylic acids is 1. The predicted molar refractivity (Wildman–Crippen MR) is 75.6 cm³/mol. The first-order valence-corrected chi connectivity index (χ1v) is 7.49. The number of aryl methyl sites for hydroxylation is 1. The fraction of sp³-hybridized carbons (Fsp3) is 0.385. The molecular formula is C13H14N4O3S. The molecule has 1 amide bonds. The van der Waals surface area contributed by atoms with Crippen molar-refractivity contribution >= 4 is 23.2 Å². The van der Waals surface area contributed by atoms with Crippen LogP contribution in [0.2, 0.25) is 0 Å². The monoisotopic (exact) mass is 306 g/mol. The molecule has 7 nitrogen and oxygen atoms in total. The first-order chi connectivity index (χ1) is 10.1. The predicted octanol–water partition coefficient (Wildman–Crippen LogP) is 1.30. The molecule has 0 saturated carbocycles. The van der Waals surface area contributed by atoms with Crippen molar-refractivity contribution in [2.75, 3.05) is 13.1 Å². The zero-order chi connectivity index (χ0) is 15.0. The highest BCUT2D eigenvalue weighted by Gasteiger charge is 2.34. The Bertz CT molecular complexity index is 687. The fourth-order valence-corrected chi connectivity index (χ4v) is 3.25. The van der Waals surface area contributed by atoms with Gasteiger partial charge in [0.2, 0.25) is 0 Å². The molecule has 8 heteroatoms. The molecule has 2 aromatic rings. The third kappa shape index (κ3) is 2.42. The summed E-state index contributed by atoms with van der Waals surface area (Å²) in [5.41, 5.74) is 0.994. The van der Waals surface area contributed by atoms with E-state index in [1.54, 1.807) is 4.90 Å². The maximum Gasteiger partial charge on any atom is 0.358 e. The topological polar surface area (TPSA) is 88.3 Å². The summed E-state index contributed by atoms with van der Waals surface area (Å²) in [6.07, 6.45) is 2.24. The number of carbonyl (C=O) groups excluding carboxylic acids is 1. The molecule has 110 valence electrons. The zero-order valence-electron chi connectivity index (χ0n) is 11.4. The van der Waals surface area contributed by atoms with Crippen molar-refractivity contribution in [3.8, 4) is 0 Å². The Morgan fingerprint density at radius 3 is 2.86 bits per heavy atom. The van der Waals surface area contributed by atoms with E-state index in [2.05, 4.69) is 10.3 Å². The lowest BCUT2D eigenvalue weighted by Gasteiger charge is -2.38. The van der Waals surface area contributed by atoms with Crippen LogP contribution in [0.25, 0.3) is 0 Å². The summed E-state index contributed by atoms with van der Waals surface area (Å²) in [5, 5.41) is 18.1. The van der Waals surface area contributed by atoms with Gasteiger partial charge in [-0.25, -0.2) is 9.48 Å². The second-order valence-electron chi connectivity index (χ2n) is 4.88. The van der Waals surface area contributed by atoms with Crippen molar-refractivity contribution in [1.82, 2.24) is 19.9 Å². The van der Waals surface area contributed by atoms with Gasteiger partial charge in [-0.2, -0.15) is 0 Å². The molecule has 0 bridgehead atoms. The highest BCUT2D eigenvalue weighted by atomic mass is 32.1. The molecule has 2 aromatic heterocycles. The summed E-state index contributed by atoms with van der Waals surface area (Å²) in [6.45, 7) is 3.09. The number of aromatic nitrogens is 3. The number of hydrogen-bond donors (Lipinski definition) is 1. The molecule has 1 fully saturated rings. The number of likely N-dealkylation sites (tertiary alicyclic amines) is 1. The molecule has 1 saturated heterocycles. The van der Waals surface area contributed by atoms with Gasteiger partial charge in [-0.3, -0.25) is 4.79 Å². The molecule has 0 radical (unpaired) electrons. The number of rotatable bonds is 4. The van der Waals surface area contributed by atoms with Gasteiger partial charge in [0.05, 0.1) is 17.1 Å². The molecule has 0 spiro atoms. The summed E-state index contributed by atoms with van der Waals surface area (Å²) >= 11 is 1.46. The molecular weight excluding hydrogens is 292 g/mol. The third-order valence-electron chi connectivity index (χ3n) is 3.57. The highest BCUT2D eigenvalue weighted by Crippen LogP contribution is 2.26. The average Bonchev–Trinajstić information content (AvgIpc) is 3.05. The van der Waals surface area contributed by atoms with Gasteiger partial charge in [-0.15, -0.1) is 16.4 Å². The highest BCUT2D eigenvalue weighted by molar-refractivity contribution is 7.12. The van der Waals surface area contributed by atoms with E-state index in [1.807, 2.05) is 18.4 Å². The fourth-order valence-electron chi connectivity index (χ4n) is 2.29. The Balaban J connectivity index is 1.65. The number of hydrogen-bond acceptors (Lipinski definition) is 5. The number of nitrogens with zero attached hydrogens (tertiary/aromatic N) is 4. The number of carboxylic acid groups (broad SMARTS) is 1. The Kier molecular flexibility index (Phi) is 3.46. The van der Waals surface area contributed by atoms with Crippen LogP contribution in [0.4, 0.5) is 0 Å². The van der Waals surface area contributed by atoms with Crippen LogP contribution in [-0.4, -0.2) is 50.0 Å². The van der Waals surface area contributed by atoms with Gasteiger partial charge in [0.15, 0.2) is 5.69 Å². The quantitative estimate of drug-likeness (QED) is 0.919. The third-order valence-corrected chi connectivity index (χ3v) is 4.52. The van der Waals surface area contributed by atoms with E-state index in [0.29, 0.717) is 13.1 Å². The molecule has 1 aliphatic heterocycles. The second kappa shape index (κ2) is 5.28. The lowest BCUT2D eigenvalue weighted by molar-refractivity contribution is 0.0501. The van der Waals surface area contributed by atoms with Crippen LogP contribution in [-0.2, 0) is 6.42 Å². The van der Waals surface area contributed by atoms with Gasteiger partial charge in [-0.1, -0.05) is 12.1 Å².